The molecule has 3 rings (SSSR count). The van der Waals surface area contributed by atoms with Crippen molar-refractivity contribution in [1.29, 1.82) is 10.8 Å². The van der Waals surface area contributed by atoms with Crippen molar-refractivity contribution in [2.45, 2.75) is 36.5 Å². The van der Waals surface area contributed by atoms with Gasteiger partial charge in [0.15, 0.2) is 11.9 Å². The molecule has 3 aromatic rings. The lowest BCUT2D eigenvalue weighted by atomic mass is 10.1. The van der Waals surface area contributed by atoms with Gasteiger partial charge in [0.05, 0.1) is 27.4 Å². The number of urea groups is 1. The summed E-state index contributed by atoms with van der Waals surface area (Å²) in [5, 5.41) is 26.6. The maximum absolute atomic E-state index is 13.9. The van der Waals surface area contributed by atoms with E-state index in [-0.39, 0.29) is 63.8 Å². The molecular formula is C30H34F6N10O3S. The second kappa shape index (κ2) is 17.3. The van der Waals surface area contributed by atoms with Crippen LogP contribution in [0.1, 0.15) is 30.4 Å². The van der Waals surface area contributed by atoms with Gasteiger partial charge in [0.25, 0.3) is 0 Å². The van der Waals surface area contributed by atoms with Crippen molar-refractivity contribution in [3.8, 4) is 11.5 Å². The third-order valence-corrected chi connectivity index (χ3v) is 7.46. The summed E-state index contributed by atoms with van der Waals surface area (Å²) in [6, 6.07) is 8.53. The minimum absolute atomic E-state index is 0.0174. The molecule has 50 heavy (non-hydrogen) atoms. The van der Waals surface area contributed by atoms with Crippen LogP contribution in [0.3, 0.4) is 0 Å². The van der Waals surface area contributed by atoms with Crippen LogP contribution in [0, 0.1) is 10.8 Å². The molecule has 13 N–H and O–H groups in total. The zero-order valence-electron chi connectivity index (χ0n) is 26.1. The lowest BCUT2D eigenvalue weighted by Gasteiger charge is -2.19. The number of halogens is 6. The minimum atomic E-state index is -4.85. The van der Waals surface area contributed by atoms with Crippen molar-refractivity contribution in [3.05, 3.63) is 65.7 Å². The predicted molar refractivity (Wildman–Crippen MR) is 180 cm³/mol. The maximum atomic E-state index is 13.9. The lowest BCUT2D eigenvalue weighted by molar-refractivity contribution is -0.138. The van der Waals surface area contributed by atoms with Crippen LogP contribution < -0.4 is 48.5 Å². The van der Waals surface area contributed by atoms with Crippen LogP contribution in [0.25, 0.3) is 0 Å². The summed E-state index contributed by atoms with van der Waals surface area (Å²) in [6.07, 6.45) is -8.85. The molecule has 270 valence electrons. The molecular weight excluding hydrogens is 694 g/mol. The standard InChI is InChI=1S/C30H34F6N10O3S/c31-29(32,33)16-10-19(43-27(40)41)15-21(11-16)49-20-5-3-4-18(14-20)44-28(48)46-23-13-17(30(34,35)36)12-22(25(23)50-9-7-37)45-24(47)6-1-2-8-42-26(38)39/h3-5,10-15H,1-2,6-9,37H2,(H,45,47)(H4,38,39,42)(H4,40,41,43)(H2,44,46,48). The van der Waals surface area contributed by atoms with Crippen molar-refractivity contribution >= 4 is 58.4 Å². The summed E-state index contributed by atoms with van der Waals surface area (Å²) >= 11 is 1.01. The van der Waals surface area contributed by atoms with Gasteiger partial charge in [0, 0.05) is 48.8 Å². The number of nitrogens with two attached hydrogens (primary N) is 3. The Morgan fingerprint density at radius 3 is 2.02 bits per heavy atom. The summed E-state index contributed by atoms with van der Waals surface area (Å²) < 4.78 is 87.7. The average Bonchev–Trinajstić information content (AvgIpc) is 2.99. The molecule has 0 unspecified atom stereocenters. The quantitative estimate of drug-likeness (QED) is 0.0303. The van der Waals surface area contributed by atoms with E-state index in [1.54, 1.807) is 0 Å². The van der Waals surface area contributed by atoms with Crippen LogP contribution in [0.5, 0.6) is 11.5 Å². The monoisotopic (exact) mass is 728 g/mol. The zero-order valence-corrected chi connectivity index (χ0v) is 26.9. The number of rotatable bonds is 14. The van der Waals surface area contributed by atoms with E-state index < -0.39 is 41.4 Å². The van der Waals surface area contributed by atoms with Gasteiger partial charge in [-0.05, 0) is 49.2 Å². The number of guanidine groups is 2. The number of carbonyl (C=O) groups is 2. The number of hydrogen-bond donors (Lipinski definition) is 10. The summed E-state index contributed by atoms with van der Waals surface area (Å²) in [5.74, 6) is -1.51. The Morgan fingerprint density at radius 2 is 1.40 bits per heavy atom. The number of unbranched alkanes of at least 4 members (excludes halogenated alkanes) is 1. The van der Waals surface area contributed by atoms with E-state index in [9.17, 15) is 35.9 Å². The Morgan fingerprint density at radius 1 is 0.760 bits per heavy atom. The highest BCUT2D eigenvalue weighted by molar-refractivity contribution is 7.99. The second-order valence-electron chi connectivity index (χ2n) is 10.4. The molecule has 0 radical (unpaired) electrons. The second-order valence-corrected chi connectivity index (χ2v) is 11.5. The first-order chi connectivity index (χ1) is 23.4. The van der Waals surface area contributed by atoms with Gasteiger partial charge >= 0.3 is 18.4 Å². The van der Waals surface area contributed by atoms with Crippen LogP contribution in [-0.4, -0.2) is 42.7 Å². The SMILES string of the molecule is N=C(N)NCCCCC(=O)Nc1cc(C(F)(F)F)cc(NC(=O)Nc2cccc(Oc3cc(NC(=N)N)cc(C(F)(F)F)c3)c2)c1SCCN. The third kappa shape index (κ3) is 12.6. The molecule has 0 aliphatic rings. The topological polar surface area (TPSA) is 229 Å². The largest absolute Gasteiger partial charge is 0.457 e. The van der Waals surface area contributed by atoms with Gasteiger partial charge in [-0.1, -0.05) is 6.07 Å². The van der Waals surface area contributed by atoms with Crippen molar-refractivity contribution in [3.63, 3.8) is 0 Å². The van der Waals surface area contributed by atoms with Gasteiger partial charge in [-0.3, -0.25) is 15.6 Å². The fourth-order valence-electron chi connectivity index (χ4n) is 4.25. The highest BCUT2D eigenvalue weighted by Crippen LogP contribution is 2.41. The smallest absolute Gasteiger partial charge is 0.416 e. The molecule has 0 aliphatic carbocycles. The molecule has 0 aliphatic heterocycles. The van der Waals surface area contributed by atoms with Crippen molar-refractivity contribution in [1.82, 2.24) is 5.32 Å². The fourth-order valence-corrected chi connectivity index (χ4v) is 5.10. The first-order valence-electron chi connectivity index (χ1n) is 14.6. The molecule has 3 amide bonds. The summed E-state index contributed by atoms with van der Waals surface area (Å²) in [7, 11) is 0. The molecule has 0 heterocycles. The van der Waals surface area contributed by atoms with E-state index >= 15 is 0 Å². The summed E-state index contributed by atoms with van der Waals surface area (Å²) in [6.45, 7) is 0.450. The van der Waals surface area contributed by atoms with Crippen LogP contribution in [0.4, 0.5) is 53.9 Å². The fraction of sp³-hybridized carbons (Fsp3) is 0.267. The molecule has 20 heteroatoms. The van der Waals surface area contributed by atoms with Crippen molar-refractivity contribution in [2.75, 3.05) is 40.1 Å². The first kappa shape index (κ1) is 39.1. The Balaban J connectivity index is 1.84. The number of anilines is 4. The predicted octanol–water partition coefficient (Wildman–Crippen LogP) is 6.11. The molecule has 0 spiro atoms. The van der Waals surface area contributed by atoms with Gasteiger partial charge in [-0.15, -0.1) is 11.8 Å². The van der Waals surface area contributed by atoms with E-state index in [0.29, 0.717) is 31.5 Å². The maximum Gasteiger partial charge on any atom is 0.416 e. The number of thioether (sulfide) groups is 1. The highest BCUT2D eigenvalue weighted by atomic mass is 32.2. The Kier molecular flexibility index (Phi) is 13.5. The Bertz CT molecular complexity index is 1700. The number of alkyl halides is 6. The van der Waals surface area contributed by atoms with Crippen molar-refractivity contribution in [2.24, 2.45) is 17.2 Å². The average molecular weight is 729 g/mol. The Labute approximate surface area is 286 Å². The van der Waals surface area contributed by atoms with E-state index in [0.717, 1.165) is 23.9 Å². The van der Waals surface area contributed by atoms with Gasteiger partial charge in [0.2, 0.25) is 5.91 Å². The zero-order chi connectivity index (χ0) is 37.1. The number of amides is 3. The first-order valence-corrected chi connectivity index (χ1v) is 15.6. The van der Waals surface area contributed by atoms with Gasteiger partial charge in [-0.25, -0.2) is 4.79 Å². The van der Waals surface area contributed by atoms with E-state index in [4.69, 9.17) is 32.8 Å². The number of nitrogens with one attached hydrogen (secondary N) is 7. The molecule has 0 saturated heterocycles. The third-order valence-electron chi connectivity index (χ3n) is 6.29. The Hall–Kier alpha value is -5.37. The van der Waals surface area contributed by atoms with Crippen LogP contribution >= 0.6 is 11.8 Å². The summed E-state index contributed by atoms with van der Waals surface area (Å²) in [4.78, 5) is 25.8. The summed E-state index contributed by atoms with van der Waals surface area (Å²) in [5.41, 5.74) is 13.3. The van der Waals surface area contributed by atoms with Crippen LogP contribution in [0.15, 0.2) is 59.5 Å². The highest BCUT2D eigenvalue weighted by Gasteiger charge is 2.33. The molecule has 0 fully saturated rings. The van der Waals surface area contributed by atoms with E-state index in [1.807, 2.05) is 0 Å². The van der Waals surface area contributed by atoms with Gasteiger partial charge < -0.3 is 48.5 Å². The van der Waals surface area contributed by atoms with E-state index in [1.165, 1.54) is 30.3 Å². The van der Waals surface area contributed by atoms with Crippen LogP contribution in [-0.2, 0) is 17.1 Å². The molecule has 0 bridgehead atoms. The molecule has 0 saturated carbocycles. The van der Waals surface area contributed by atoms with Crippen molar-refractivity contribution < 1.29 is 40.7 Å². The number of ether oxygens (including phenoxy) is 1. The molecule has 3 aromatic carbocycles. The molecule has 0 atom stereocenters. The van der Waals surface area contributed by atoms with Crippen LogP contribution in [0.2, 0.25) is 0 Å². The van der Waals surface area contributed by atoms with Gasteiger partial charge in [0.1, 0.15) is 11.5 Å². The number of hydrogen-bond acceptors (Lipinski definition) is 7. The number of benzene rings is 3. The van der Waals surface area contributed by atoms with Gasteiger partial charge in [-0.2, -0.15) is 26.3 Å². The molecule has 13 nitrogen and oxygen atoms in total. The number of carbonyl (C=O) groups excluding carboxylic acids is 2. The van der Waals surface area contributed by atoms with E-state index in [2.05, 4.69) is 26.6 Å². The molecule has 0 aromatic heterocycles. The normalized spacial score (nSPS) is 11.3. The lowest BCUT2D eigenvalue weighted by Crippen LogP contribution is -2.31. The minimum Gasteiger partial charge on any atom is -0.457 e.